The van der Waals surface area contributed by atoms with Crippen molar-refractivity contribution < 1.29 is 0 Å². The van der Waals surface area contributed by atoms with Crippen LogP contribution in [0.15, 0.2) is 36.7 Å². The van der Waals surface area contributed by atoms with Gasteiger partial charge in [0.15, 0.2) is 0 Å². The number of aryl methyl sites for hydroxylation is 2. The topological polar surface area (TPSA) is 35.6 Å². The largest absolute Gasteiger partial charge is 0.329 e. The molecule has 0 fully saturated rings. The molecule has 18 heavy (non-hydrogen) atoms. The molecule has 0 aliphatic rings. The highest BCUT2D eigenvalue weighted by atomic mass is 15.3. The lowest BCUT2D eigenvalue weighted by molar-refractivity contribution is 0.649. The molecule has 3 rings (SSSR count). The third kappa shape index (κ3) is 1.70. The van der Waals surface area contributed by atoms with Crippen molar-refractivity contribution in [3.05, 3.63) is 48.2 Å². The van der Waals surface area contributed by atoms with Crippen LogP contribution in [0.4, 0.5) is 0 Å². The third-order valence-corrected chi connectivity index (χ3v) is 3.28. The van der Waals surface area contributed by atoms with E-state index in [-0.39, 0.29) is 0 Å². The van der Waals surface area contributed by atoms with Crippen LogP contribution in [0.25, 0.3) is 10.9 Å². The molecule has 2 aromatic heterocycles. The van der Waals surface area contributed by atoms with Crippen molar-refractivity contribution in [3.63, 3.8) is 0 Å². The van der Waals surface area contributed by atoms with Crippen molar-refractivity contribution in [3.8, 4) is 0 Å². The quantitative estimate of drug-likeness (QED) is 0.705. The summed E-state index contributed by atoms with van der Waals surface area (Å²) < 4.78 is 4.17. The number of benzene rings is 1. The van der Waals surface area contributed by atoms with E-state index in [1.54, 1.807) is 0 Å². The Kier molecular flexibility index (Phi) is 2.63. The second-order valence-electron chi connectivity index (χ2n) is 4.38. The lowest BCUT2D eigenvalue weighted by Gasteiger charge is -2.02. The van der Waals surface area contributed by atoms with Crippen molar-refractivity contribution in [2.75, 3.05) is 0 Å². The maximum absolute atomic E-state index is 4.69. The Hall–Kier alpha value is -2.10. The first-order valence-corrected chi connectivity index (χ1v) is 6.21. The van der Waals surface area contributed by atoms with E-state index in [0.717, 1.165) is 24.6 Å². The van der Waals surface area contributed by atoms with Crippen LogP contribution in [0.3, 0.4) is 0 Å². The minimum atomic E-state index is 0.777. The minimum absolute atomic E-state index is 0.777. The van der Waals surface area contributed by atoms with Gasteiger partial charge in [-0.1, -0.05) is 18.2 Å². The van der Waals surface area contributed by atoms with E-state index in [1.165, 1.54) is 10.9 Å². The first-order chi connectivity index (χ1) is 8.79. The fraction of sp³-hybridized carbons (Fsp3) is 0.286. The third-order valence-electron chi connectivity index (χ3n) is 3.28. The van der Waals surface area contributed by atoms with Gasteiger partial charge in [-0.25, -0.2) is 4.98 Å². The van der Waals surface area contributed by atoms with Gasteiger partial charge >= 0.3 is 0 Å². The van der Waals surface area contributed by atoms with E-state index < -0.39 is 0 Å². The summed E-state index contributed by atoms with van der Waals surface area (Å²) in [7, 11) is 0. The lowest BCUT2D eigenvalue weighted by atomic mass is 10.2. The predicted octanol–water partition coefficient (Wildman–Crippen LogP) is 2.61. The molecule has 4 heteroatoms. The van der Waals surface area contributed by atoms with E-state index in [2.05, 4.69) is 45.4 Å². The second-order valence-corrected chi connectivity index (χ2v) is 4.38. The molecule has 4 nitrogen and oxygen atoms in total. The van der Waals surface area contributed by atoms with Crippen molar-refractivity contribution in [1.29, 1.82) is 0 Å². The molecule has 1 aromatic carbocycles. The first-order valence-electron chi connectivity index (χ1n) is 6.21. The standard InChI is InChI=1S/C14H16N4/c1-3-18-14-7-5-4-6-12(14)13(16-18)10-17-9-8-15-11(17)2/h4-9H,3,10H2,1-2H3. The fourth-order valence-electron chi connectivity index (χ4n) is 2.29. The summed E-state index contributed by atoms with van der Waals surface area (Å²) >= 11 is 0. The minimum Gasteiger partial charge on any atom is -0.329 e. The van der Waals surface area contributed by atoms with Gasteiger partial charge in [-0.05, 0) is 19.9 Å². The van der Waals surface area contributed by atoms with Crippen molar-refractivity contribution in [2.45, 2.75) is 26.9 Å². The SMILES string of the molecule is CCn1nc(Cn2ccnc2C)c2ccccc21. The highest BCUT2D eigenvalue weighted by Crippen LogP contribution is 2.19. The molecule has 2 heterocycles. The van der Waals surface area contributed by atoms with Crippen molar-refractivity contribution >= 4 is 10.9 Å². The zero-order valence-electron chi connectivity index (χ0n) is 10.7. The molecule has 0 radical (unpaired) electrons. The number of fused-ring (bicyclic) bond motifs is 1. The molecule has 92 valence electrons. The van der Waals surface area contributed by atoms with E-state index in [0.29, 0.717) is 0 Å². The summed E-state index contributed by atoms with van der Waals surface area (Å²) in [5.74, 6) is 1.02. The van der Waals surface area contributed by atoms with Gasteiger partial charge in [-0.2, -0.15) is 5.10 Å². The lowest BCUT2D eigenvalue weighted by Crippen LogP contribution is -2.03. The van der Waals surface area contributed by atoms with Gasteiger partial charge in [0.2, 0.25) is 0 Å². The number of imidazole rings is 1. The highest BCUT2D eigenvalue weighted by molar-refractivity contribution is 5.81. The molecular formula is C14H16N4. The summed E-state index contributed by atoms with van der Waals surface area (Å²) in [6.45, 7) is 5.80. The van der Waals surface area contributed by atoms with Gasteiger partial charge in [0.25, 0.3) is 0 Å². The average Bonchev–Trinajstić information content (AvgIpc) is 2.95. The molecule has 0 amide bonds. The van der Waals surface area contributed by atoms with Crippen LogP contribution in [-0.4, -0.2) is 19.3 Å². The molecule has 0 aliphatic carbocycles. The number of aromatic nitrogens is 4. The number of rotatable bonds is 3. The highest BCUT2D eigenvalue weighted by Gasteiger charge is 2.10. The van der Waals surface area contributed by atoms with Gasteiger partial charge < -0.3 is 4.57 Å². The zero-order valence-corrected chi connectivity index (χ0v) is 10.7. The summed E-state index contributed by atoms with van der Waals surface area (Å²) in [4.78, 5) is 4.25. The number of para-hydroxylation sites is 1. The van der Waals surface area contributed by atoms with E-state index in [4.69, 9.17) is 5.10 Å². The summed E-state index contributed by atoms with van der Waals surface area (Å²) in [5.41, 5.74) is 2.31. The van der Waals surface area contributed by atoms with Crippen molar-refractivity contribution in [1.82, 2.24) is 19.3 Å². The van der Waals surface area contributed by atoms with Gasteiger partial charge in [0, 0.05) is 24.3 Å². The zero-order chi connectivity index (χ0) is 12.5. The molecule has 0 aliphatic heterocycles. The Bertz CT molecular complexity index is 678. The molecule has 0 N–H and O–H groups in total. The molecule has 3 aromatic rings. The molecule has 0 unspecified atom stereocenters. The van der Waals surface area contributed by atoms with Crippen LogP contribution in [0, 0.1) is 6.92 Å². The summed E-state index contributed by atoms with van der Waals surface area (Å²) in [6.07, 6.45) is 3.82. The maximum atomic E-state index is 4.69. The van der Waals surface area contributed by atoms with Gasteiger partial charge in [-0.15, -0.1) is 0 Å². The number of hydrogen-bond donors (Lipinski definition) is 0. The smallest absolute Gasteiger partial charge is 0.105 e. The summed E-state index contributed by atoms with van der Waals surface area (Å²) in [5, 5.41) is 5.92. The van der Waals surface area contributed by atoms with Gasteiger partial charge in [-0.3, -0.25) is 4.68 Å². The molecule has 0 spiro atoms. The second kappa shape index (κ2) is 4.29. The normalized spacial score (nSPS) is 11.2. The van der Waals surface area contributed by atoms with Crippen LogP contribution in [0.2, 0.25) is 0 Å². The molecular weight excluding hydrogens is 224 g/mol. The molecule has 0 atom stereocenters. The average molecular weight is 240 g/mol. The first kappa shape index (κ1) is 11.0. The molecule has 0 saturated heterocycles. The Morgan fingerprint density at radius 1 is 1.22 bits per heavy atom. The Labute approximate surface area is 106 Å². The Morgan fingerprint density at radius 2 is 2.06 bits per heavy atom. The van der Waals surface area contributed by atoms with Crippen LogP contribution in [-0.2, 0) is 13.1 Å². The van der Waals surface area contributed by atoms with Gasteiger partial charge in [0.05, 0.1) is 17.8 Å². The number of nitrogens with zero attached hydrogens (tertiary/aromatic N) is 4. The predicted molar refractivity (Wildman–Crippen MR) is 71.5 cm³/mol. The number of hydrogen-bond acceptors (Lipinski definition) is 2. The maximum Gasteiger partial charge on any atom is 0.105 e. The van der Waals surface area contributed by atoms with E-state index in [1.807, 2.05) is 19.3 Å². The molecule has 0 bridgehead atoms. The Morgan fingerprint density at radius 3 is 2.78 bits per heavy atom. The van der Waals surface area contributed by atoms with E-state index >= 15 is 0 Å². The monoisotopic (exact) mass is 240 g/mol. The van der Waals surface area contributed by atoms with Crippen molar-refractivity contribution in [2.24, 2.45) is 0 Å². The fourth-order valence-corrected chi connectivity index (χ4v) is 2.29. The van der Waals surface area contributed by atoms with Crippen LogP contribution < -0.4 is 0 Å². The Balaban J connectivity index is 2.09. The van der Waals surface area contributed by atoms with Crippen LogP contribution in [0.1, 0.15) is 18.4 Å². The van der Waals surface area contributed by atoms with E-state index in [9.17, 15) is 0 Å². The van der Waals surface area contributed by atoms with Crippen LogP contribution >= 0.6 is 0 Å². The van der Waals surface area contributed by atoms with Crippen LogP contribution in [0.5, 0.6) is 0 Å². The molecule has 0 saturated carbocycles. The van der Waals surface area contributed by atoms with Gasteiger partial charge in [0.1, 0.15) is 5.82 Å². The summed E-state index contributed by atoms with van der Waals surface area (Å²) in [6, 6.07) is 8.38.